The third-order valence-corrected chi connectivity index (χ3v) is 0.462. The first-order valence-corrected chi connectivity index (χ1v) is 2.66. The van der Waals surface area contributed by atoms with Crippen molar-refractivity contribution in [2.75, 3.05) is 13.1 Å². The van der Waals surface area contributed by atoms with E-state index >= 15 is 0 Å². The van der Waals surface area contributed by atoms with Gasteiger partial charge in [-0.1, -0.05) is 7.43 Å². The quantitative estimate of drug-likeness (QED) is 0.495. The Hall–Kier alpha value is -0.940. The second kappa shape index (κ2) is 11.8. The lowest BCUT2D eigenvalue weighted by Gasteiger charge is -1.73. The monoisotopic (exact) mass is 164 g/mol. The molecule has 0 aromatic heterocycles. The molecule has 0 fully saturated rings. The number of carboxylic acid groups (broad SMARTS) is 1. The molecule has 0 bridgehead atoms. The van der Waals surface area contributed by atoms with E-state index in [0.717, 1.165) is 0 Å². The van der Waals surface area contributed by atoms with Gasteiger partial charge in [-0.3, -0.25) is 9.59 Å². The van der Waals surface area contributed by atoms with Crippen molar-refractivity contribution in [1.82, 2.24) is 0 Å². The highest BCUT2D eigenvalue weighted by Gasteiger charge is 1.81. The van der Waals surface area contributed by atoms with E-state index in [1.807, 2.05) is 0 Å². The number of nitrogens with two attached hydrogens (primary N) is 2. The van der Waals surface area contributed by atoms with Gasteiger partial charge >= 0.3 is 5.97 Å². The van der Waals surface area contributed by atoms with Gasteiger partial charge in [-0.25, -0.2) is 0 Å². The first-order chi connectivity index (χ1) is 4.54. The minimum absolute atomic E-state index is 0. The van der Waals surface area contributed by atoms with Gasteiger partial charge in [0.15, 0.2) is 0 Å². The third-order valence-electron chi connectivity index (χ3n) is 0.462. The van der Waals surface area contributed by atoms with Gasteiger partial charge in [0.2, 0.25) is 0 Å². The Balaban J connectivity index is -0.000000107. The molecule has 11 heavy (non-hydrogen) atoms. The van der Waals surface area contributed by atoms with E-state index in [2.05, 4.69) is 5.73 Å². The highest BCUT2D eigenvalue weighted by atomic mass is 16.4. The van der Waals surface area contributed by atoms with Crippen LogP contribution in [0.5, 0.6) is 0 Å². The number of hydrogen-bond acceptors (Lipinski definition) is 4. The van der Waals surface area contributed by atoms with E-state index in [-0.39, 0.29) is 26.3 Å². The fourth-order valence-electron chi connectivity index (χ4n) is 0. The molecule has 0 aliphatic carbocycles. The van der Waals surface area contributed by atoms with Crippen molar-refractivity contribution in [2.45, 2.75) is 14.4 Å². The standard InChI is InChI=1S/C3H7NO.C2H5NO2.CH4/c1-3(5)2-4;3-1-2(4)5;/h2,4H2,1H3;1,3H2,(H,4,5);1H4. The molecule has 0 aromatic carbocycles. The predicted octanol–water partition coefficient (Wildman–Crippen LogP) is -0.800. The lowest BCUT2D eigenvalue weighted by atomic mass is 10.5. The molecular weight excluding hydrogens is 148 g/mol. The summed E-state index contributed by atoms with van der Waals surface area (Å²) in [4.78, 5) is 18.9. The van der Waals surface area contributed by atoms with Crippen LogP contribution in [0.2, 0.25) is 0 Å². The fourth-order valence-corrected chi connectivity index (χ4v) is 0. The molecule has 0 heterocycles. The molecule has 0 rings (SSSR count). The summed E-state index contributed by atoms with van der Waals surface area (Å²) in [6, 6.07) is 0. The molecule has 68 valence electrons. The fraction of sp³-hybridized carbons (Fsp3) is 0.667. The van der Waals surface area contributed by atoms with Gasteiger partial charge in [-0.2, -0.15) is 0 Å². The lowest BCUT2D eigenvalue weighted by molar-refractivity contribution is -0.135. The molecule has 0 unspecified atom stereocenters. The summed E-state index contributed by atoms with van der Waals surface area (Å²) in [5.74, 6) is -0.935. The van der Waals surface area contributed by atoms with Crippen molar-refractivity contribution in [2.24, 2.45) is 11.5 Å². The molecule has 0 atom stereocenters. The van der Waals surface area contributed by atoms with E-state index in [1.54, 1.807) is 0 Å². The Bertz CT molecular complexity index is 100. The van der Waals surface area contributed by atoms with Crippen LogP contribution >= 0.6 is 0 Å². The van der Waals surface area contributed by atoms with Gasteiger partial charge < -0.3 is 16.6 Å². The molecule has 0 spiro atoms. The van der Waals surface area contributed by atoms with E-state index in [4.69, 9.17) is 10.8 Å². The number of ketones is 1. The van der Waals surface area contributed by atoms with E-state index in [9.17, 15) is 9.59 Å². The topological polar surface area (TPSA) is 106 Å². The maximum Gasteiger partial charge on any atom is 0.317 e. The van der Waals surface area contributed by atoms with Crippen LogP contribution in [0.1, 0.15) is 14.4 Å². The summed E-state index contributed by atoms with van der Waals surface area (Å²) < 4.78 is 0. The minimum atomic E-state index is -0.968. The molecular formula is C6H16N2O3. The molecule has 5 heteroatoms. The summed E-state index contributed by atoms with van der Waals surface area (Å²) in [5.41, 5.74) is 9.39. The number of carboxylic acids is 1. The van der Waals surface area contributed by atoms with Crippen molar-refractivity contribution >= 4 is 11.8 Å². The average molecular weight is 164 g/mol. The second-order valence-corrected chi connectivity index (χ2v) is 1.50. The molecule has 0 saturated carbocycles. The van der Waals surface area contributed by atoms with Gasteiger partial charge in [0.1, 0.15) is 5.78 Å². The summed E-state index contributed by atoms with van der Waals surface area (Å²) in [7, 11) is 0. The van der Waals surface area contributed by atoms with Crippen LogP contribution < -0.4 is 11.5 Å². The Morgan fingerprint density at radius 2 is 1.45 bits per heavy atom. The first kappa shape index (κ1) is 16.6. The van der Waals surface area contributed by atoms with Crippen LogP contribution in [0.25, 0.3) is 0 Å². The zero-order chi connectivity index (χ0) is 8.57. The van der Waals surface area contributed by atoms with Crippen LogP contribution in [0, 0.1) is 0 Å². The second-order valence-electron chi connectivity index (χ2n) is 1.50. The molecule has 5 nitrogen and oxygen atoms in total. The summed E-state index contributed by atoms with van der Waals surface area (Å²) in [6.45, 7) is 1.35. The van der Waals surface area contributed by atoms with Crippen molar-refractivity contribution in [3.05, 3.63) is 0 Å². The Morgan fingerprint density at radius 1 is 1.27 bits per heavy atom. The van der Waals surface area contributed by atoms with Crippen molar-refractivity contribution in [3.8, 4) is 0 Å². The van der Waals surface area contributed by atoms with Crippen LogP contribution in [-0.2, 0) is 9.59 Å². The lowest BCUT2D eigenvalue weighted by Crippen LogP contribution is -2.10. The zero-order valence-electron chi connectivity index (χ0n) is 5.83. The van der Waals surface area contributed by atoms with Crippen LogP contribution in [0.15, 0.2) is 0 Å². The van der Waals surface area contributed by atoms with Crippen molar-refractivity contribution in [3.63, 3.8) is 0 Å². The largest absolute Gasteiger partial charge is 0.480 e. The number of rotatable bonds is 2. The highest BCUT2D eigenvalue weighted by molar-refractivity contribution is 5.77. The average Bonchev–Trinajstić information content (AvgIpc) is 1.89. The summed E-state index contributed by atoms with van der Waals surface area (Å²) in [6.07, 6.45) is 0. The molecule has 0 aromatic rings. The van der Waals surface area contributed by atoms with Gasteiger partial charge in [0, 0.05) is 0 Å². The maximum absolute atomic E-state index is 9.69. The SMILES string of the molecule is C.CC(=O)CN.NCC(=O)O. The summed E-state index contributed by atoms with van der Waals surface area (Å²) >= 11 is 0. The molecule has 0 radical (unpaired) electrons. The molecule has 0 aliphatic rings. The molecule has 0 aliphatic heterocycles. The van der Waals surface area contributed by atoms with Crippen molar-refractivity contribution < 1.29 is 14.7 Å². The van der Waals surface area contributed by atoms with Gasteiger partial charge in [0.25, 0.3) is 0 Å². The van der Waals surface area contributed by atoms with Crippen LogP contribution in [0.4, 0.5) is 0 Å². The number of Topliss-reactive ketones (excluding diaryl/α,β-unsaturated/α-hetero) is 1. The Morgan fingerprint density at radius 3 is 1.45 bits per heavy atom. The maximum atomic E-state index is 9.69. The predicted molar refractivity (Wildman–Crippen MR) is 43.2 cm³/mol. The van der Waals surface area contributed by atoms with Crippen LogP contribution in [0.3, 0.4) is 0 Å². The third kappa shape index (κ3) is 48.2. The van der Waals surface area contributed by atoms with Crippen molar-refractivity contribution in [1.29, 1.82) is 0 Å². The number of carbonyl (C=O) groups is 2. The summed E-state index contributed by atoms with van der Waals surface area (Å²) in [5, 5.41) is 7.60. The van der Waals surface area contributed by atoms with Crippen LogP contribution in [-0.4, -0.2) is 29.9 Å². The molecule has 0 saturated heterocycles. The van der Waals surface area contributed by atoms with E-state index in [0.29, 0.717) is 0 Å². The van der Waals surface area contributed by atoms with E-state index in [1.165, 1.54) is 6.92 Å². The normalized spacial score (nSPS) is 6.82. The number of carbonyl (C=O) groups excluding carboxylic acids is 1. The van der Waals surface area contributed by atoms with Gasteiger partial charge in [-0.15, -0.1) is 0 Å². The number of hydrogen-bond donors (Lipinski definition) is 3. The molecule has 0 amide bonds. The molecule has 5 N–H and O–H groups in total. The Kier molecular flexibility index (Phi) is 17.8. The van der Waals surface area contributed by atoms with Gasteiger partial charge in [-0.05, 0) is 6.92 Å². The minimum Gasteiger partial charge on any atom is -0.480 e. The Labute approximate surface area is 66.4 Å². The first-order valence-electron chi connectivity index (χ1n) is 2.66. The number of aliphatic carboxylic acids is 1. The smallest absolute Gasteiger partial charge is 0.317 e. The van der Waals surface area contributed by atoms with Gasteiger partial charge in [0.05, 0.1) is 13.1 Å². The highest BCUT2D eigenvalue weighted by Crippen LogP contribution is 1.51. The van der Waals surface area contributed by atoms with E-state index < -0.39 is 5.97 Å². The zero-order valence-corrected chi connectivity index (χ0v) is 5.83.